The van der Waals surface area contributed by atoms with E-state index in [4.69, 9.17) is 0 Å². The van der Waals surface area contributed by atoms with Crippen molar-refractivity contribution in [3.8, 4) is 0 Å². The van der Waals surface area contributed by atoms with E-state index in [9.17, 15) is 0 Å². The van der Waals surface area contributed by atoms with Gasteiger partial charge in [-0.25, -0.2) is 0 Å². The summed E-state index contributed by atoms with van der Waals surface area (Å²) in [6.07, 6.45) is 3.03. The van der Waals surface area contributed by atoms with Crippen molar-refractivity contribution in [3.63, 3.8) is 0 Å². The fraction of sp³-hybridized carbons (Fsp3) is 0.562. The molecule has 0 aromatic carbocycles. The first kappa shape index (κ1) is 24.3. The molecule has 1 rings (SSSR count). The van der Waals surface area contributed by atoms with Crippen LogP contribution in [0.5, 0.6) is 0 Å². The van der Waals surface area contributed by atoms with Crippen molar-refractivity contribution in [1.29, 1.82) is 0 Å². The number of nitrogens with zero attached hydrogens (tertiary/aromatic N) is 1. The van der Waals surface area contributed by atoms with Crippen molar-refractivity contribution >= 4 is 7.92 Å². The van der Waals surface area contributed by atoms with Crippen LogP contribution in [0.4, 0.5) is 0 Å². The Kier molecular flexibility index (Phi) is 11.8. The molecule has 0 N–H and O–H groups in total. The predicted octanol–water partition coefficient (Wildman–Crippen LogP) is 5.56. The third-order valence-electron chi connectivity index (χ3n) is 2.67. The Morgan fingerprint density at radius 1 is 0.947 bits per heavy atom. The van der Waals surface area contributed by atoms with Crippen molar-refractivity contribution in [2.45, 2.75) is 58.0 Å². The minimum atomic E-state index is -0.0815. The first-order chi connectivity index (χ1) is 7.21. The van der Waals surface area contributed by atoms with Crippen LogP contribution in [0.2, 0.25) is 0 Å². The van der Waals surface area contributed by atoms with Gasteiger partial charge in [-0.3, -0.25) is 4.98 Å². The SMILES string of the molecule is CC(C)(C)P(Cc1ccccn1)C(C)(C)C.[CH3-].[CH3-].[Pt+2]. The Bertz CT molecular complexity index is 311. The molecule has 0 saturated heterocycles. The summed E-state index contributed by atoms with van der Waals surface area (Å²) in [5, 5.41) is 0.760. The molecule has 1 aromatic rings. The van der Waals surface area contributed by atoms with Crippen molar-refractivity contribution in [2.24, 2.45) is 0 Å². The van der Waals surface area contributed by atoms with Gasteiger partial charge in [0.2, 0.25) is 0 Å². The topological polar surface area (TPSA) is 12.9 Å². The molecule has 19 heavy (non-hydrogen) atoms. The van der Waals surface area contributed by atoms with Gasteiger partial charge < -0.3 is 14.9 Å². The average Bonchev–Trinajstić information content (AvgIpc) is 2.12. The molecule has 3 heteroatoms. The molecule has 0 fully saturated rings. The summed E-state index contributed by atoms with van der Waals surface area (Å²) in [7, 11) is -0.0815. The van der Waals surface area contributed by atoms with Gasteiger partial charge in [-0.2, -0.15) is 0 Å². The molecule has 0 unspecified atom stereocenters. The maximum atomic E-state index is 4.46. The van der Waals surface area contributed by atoms with Crippen molar-refractivity contribution in [3.05, 3.63) is 44.9 Å². The summed E-state index contributed by atoms with van der Waals surface area (Å²) in [5.41, 5.74) is 1.23. The van der Waals surface area contributed by atoms with Gasteiger partial charge in [-0.15, -0.1) is 0 Å². The Labute approximate surface area is 137 Å². The zero-order chi connectivity index (χ0) is 12.4. The van der Waals surface area contributed by atoms with E-state index in [1.807, 2.05) is 12.3 Å². The van der Waals surface area contributed by atoms with E-state index in [2.05, 4.69) is 58.7 Å². The first-order valence-electron chi connectivity index (χ1n) is 5.89. The summed E-state index contributed by atoms with van der Waals surface area (Å²) >= 11 is 0. The van der Waals surface area contributed by atoms with E-state index in [-0.39, 0.29) is 43.8 Å². The van der Waals surface area contributed by atoms with Crippen molar-refractivity contribution in [1.82, 2.24) is 4.98 Å². The van der Waals surface area contributed by atoms with Crippen molar-refractivity contribution in [2.75, 3.05) is 0 Å². The molecule has 0 amide bonds. The summed E-state index contributed by atoms with van der Waals surface area (Å²) in [6, 6.07) is 6.22. The molecule has 1 aromatic heterocycles. The van der Waals surface area contributed by atoms with Gasteiger partial charge in [-0.05, 0) is 22.4 Å². The number of rotatable bonds is 2. The van der Waals surface area contributed by atoms with Crippen LogP contribution in [-0.4, -0.2) is 15.3 Å². The zero-order valence-electron chi connectivity index (χ0n) is 13.7. The fourth-order valence-corrected chi connectivity index (χ4v) is 5.61. The molecule has 0 atom stereocenters. The minimum absolute atomic E-state index is 0. The third kappa shape index (κ3) is 8.21. The summed E-state index contributed by atoms with van der Waals surface area (Å²) in [4.78, 5) is 4.46. The van der Waals surface area contributed by atoms with E-state index >= 15 is 0 Å². The monoisotopic (exact) mass is 462 g/mol. The molecule has 0 aliphatic heterocycles. The van der Waals surface area contributed by atoms with Crippen molar-refractivity contribution < 1.29 is 21.1 Å². The smallest absolute Gasteiger partial charge is 0.358 e. The van der Waals surface area contributed by atoms with Gasteiger partial charge >= 0.3 is 21.1 Å². The summed E-state index contributed by atoms with van der Waals surface area (Å²) in [5.74, 6) is 0. The van der Waals surface area contributed by atoms with E-state index < -0.39 is 0 Å². The predicted molar refractivity (Wildman–Crippen MR) is 87.2 cm³/mol. The van der Waals surface area contributed by atoms with Crippen LogP contribution in [-0.2, 0) is 27.2 Å². The van der Waals surface area contributed by atoms with Gasteiger partial charge in [0, 0.05) is 18.1 Å². The summed E-state index contributed by atoms with van der Waals surface area (Å²) in [6.45, 7) is 14.1. The number of aromatic nitrogens is 1. The Morgan fingerprint density at radius 3 is 1.74 bits per heavy atom. The number of hydrogen-bond acceptors (Lipinski definition) is 1. The Hall–Kier alpha value is 0.268. The van der Waals surface area contributed by atoms with E-state index in [1.165, 1.54) is 5.69 Å². The molecule has 0 radical (unpaired) electrons. The van der Waals surface area contributed by atoms with Crippen LogP contribution in [0.1, 0.15) is 47.2 Å². The zero-order valence-corrected chi connectivity index (χ0v) is 16.9. The quantitative estimate of drug-likeness (QED) is 0.414. The molecule has 1 heterocycles. The van der Waals surface area contributed by atoms with Gasteiger partial charge in [0.1, 0.15) is 0 Å². The molecular weight excluding hydrogens is 432 g/mol. The Balaban J connectivity index is -0.000000853. The van der Waals surface area contributed by atoms with Crippen LogP contribution < -0.4 is 0 Å². The van der Waals surface area contributed by atoms with E-state index in [0.29, 0.717) is 10.3 Å². The summed E-state index contributed by atoms with van der Waals surface area (Å²) < 4.78 is 0. The van der Waals surface area contributed by atoms with E-state index in [1.54, 1.807) is 0 Å². The second kappa shape index (κ2) is 9.25. The second-order valence-corrected chi connectivity index (χ2v) is 10.1. The van der Waals surface area contributed by atoms with Crippen LogP contribution in [0, 0.1) is 14.9 Å². The molecule has 1 nitrogen and oxygen atoms in total. The maximum Gasteiger partial charge on any atom is 2.00 e. The van der Waals surface area contributed by atoms with Crippen LogP contribution >= 0.6 is 7.92 Å². The number of pyridine rings is 1. The average molecular weight is 462 g/mol. The third-order valence-corrected chi connectivity index (χ3v) is 6.54. The molecule has 0 aliphatic rings. The van der Waals surface area contributed by atoms with Crippen LogP contribution in [0.3, 0.4) is 0 Å². The molecular formula is C16H30NPPt. The molecule has 0 aliphatic carbocycles. The van der Waals surface area contributed by atoms with E-state index in [0.717, 1.165) is 6.16 Å². The normalized spacial score (nSPS) is 11.1. The Morgan fingerprint density at radius 2 is 1.42 bits per heavy atom. The standard InChI is InChI=1S/C14H24NP.2CH3.Pt/c1-13(2,3)16(14(4,5)6)11-12-9-7-8-10-15-12;;;/h7-10H,11H2,1-6H3;2*1H3;/q;2*-1;+2. The van der Waals surface area contributed by atoms with Crippen LogP contribution in [0.25, 0.3) is 0 Å². The minimum Gasteiger partial charge on any atom is -0.358 e. The molecule has 0 saturated carbocycles. The fourth-order valence-electron chi connectivity index (χ4n) is 2.13. The maximum absolute atomic E-state index is 4.46. The largest absolute Gasteiger partial charge is 2.00 e. The first-order valence-corrected chi connectivity index (χ1v) is 7.41. The second-order valence-electron chi connectivity index (χ2n) is 6.25. The molecule has 0 bridgehead atoms. The van der Waals surface area contributed by atoms with Gasteiger partial charge in [-0.1, -0.05) is 55.5 Å². The van der Waals surface area contributed by atoms with Gasteiger partial charge in [0.05, 0.1) is 0 Å². The molecule has 114 valence electrons. The van der Waals surface area contributed by atoms with Crippen LogP contribution in [0.15, 0.2) is 24.4 Å². The number of hydrogen-bond donors (Lipinski definition) is 0. The van der Waals surface area contributed by atoms with Gasteiger partial charge in [0.25, 0.3) is 0 Å². The molecule has 0 spiro atoms. The van der Waals surface area contributed by atoms with Gasteiger partial charge in [0.15, 0.2) is 0 Å².